The first kappa shape index (κ1) is 17.1. The number of thiazole rings is 2. The highest BCUT2D eigenvalue weighted by molar-refractivity contribution is 7.13. The molecule has 2 N–H and O–H groups in total. The number of aromatic amines is 1. The number of rotatable bonds is 6. The summed E-state index contributed by atoms with van der Waals surface area (Å²) < 4.78 is 5.98. The number of hydrogen-bond donors (Lipinski definition) is 2. The fourth-order valence-electron chi connectivity index (χ4n) is 3.17. The standard InChI is InChI=1S/C18H19N3O3S2/c22-16-15(26-18(23)20-16)10-12-3-5-14(6-4-12)24-11-13-2-1-8-21(13)17-19-7-9-25-17/h3-7,9,13,22H,1-2,8,10-11H2,(H,20,23)/t13-/m0/s1. The van der Waals surface area contributed by atoms with Crippen LogP contribution in [-0.4, -0.2) is 34.3 Å². The lowest BCUT2D eigenvalue weighted by molar-refractivity contribution is 0.288. The number of aromatic nitrogens is 2. The van der Waals surface area contributed by atoms with Crippen LogP contribution in [0.5, 0.6) is 11.6 Å². The third-order valence-corrected chi connectivity index (χ3v) is 6.15. The van der Waals surface area contributed by atoms with E-state index in [4.69, 9.17) is 4.74 Å². The minimum Gasteiger partial charge on any atom is -0.494 e. The van der Waals surface area contributed by atoms with Crippen molar-refractivity contribution in [2.24, 2.45) is 0 Å². The van der Waals surface area contributed by atoms with Gasteiger partial charge < -0.3 is 14.7 Å². The smallest absolute Gasteiger partial charge is 0.307 e. The van der Waals surface area contributed by atoms with Crippen molar-refractivity contribution < 1.29 is 9.84 Å². The van der Waals surface area contributed by atoms with Gasteiger partial charge in [-0.1, -0.05) is 23.5 Å². The molecule has 1 atom stereocenters. The average Bonchev–Trinajstić information content (AvgIpc) is 3.36. The molecule has 0 saturated carbocycles. The van der Waals surface area contributed by atoms with Crippen LogP contribution in [0.4, 0.5) is 5.13 Å². The minimum atomic E-state index is -0.237. The van der Waals surface area contributed by atoms with Crippen molar-refractivity contribution in [3.8, 4) is 11.6 Å². The average molecular weight is 390 g/mol. The Morgan fingerprint density at radius 3 is 2.88 bits per heavy atom. The molecule has 4 rings (SSSR count). The first-order valence-electron chi connectivity index (χ1n) is 8.48. The molecule has 0 spiro atoms. The molecular formula is C18H19N3O3S2. The molecule has 136 valence electrons. The van der Waals surface area contributed by atoms with E-state index in [1.165, 1.54) is 0 Å². The normalized spacial score (nSPS) is 16.9. The van der Waals surface area contributed by atoms with Crippen molar-refractivity contribution in [3.63, 3.8) is 0 Å². The van der Waals surface area contributed by atoms with Gasteiger partial charge >= 0.3 is 4.87 Å². The molecule has 1 aromatic carbocycles. The van der Waals surface area contributed by atoms with Gasteiger partial charge in [0.1, 0.15) is 12.4 Å². The first-order chi connectivity index (χ1) is 12.7. The Labute approximate surface area is 158 Å². The number of benzene rings is 1. The summed E-state index contributed by atoms with van der Waals surface area (Å²) in [5, 5.41) is 12.7. The van der Waals surface area contributed by atoms with E-state index in [-0.39, 0.29) is 10.8 Å². The number of H-pyrrole nitrogens is 1. The Morgan fingerprint density at radius 1 is 1.35 bits per heavy atom. The maximum absolute atomic E-state index is 11.3. The molecular weight excluding hydrogens is 370 g/mol. The van der Waals surface area contributed by atoms with Crippen LogP contribution in [0.1, 0.15) is 23.3 Å². The minimum absolute atomic E-state index is 0.0381. The highest BCUT2D eigenvalue weighted by Crippen LogP contribution is 2.28. The Balaban J connectivity index is 1.35. The number of aromatic hydroxyl groups is 1. The molecule has 3 heterocycles. The summed E-state index contributed by atoms with van der Waals surface area (Å²) in [5.41, 5.74) is 1.02. The zero-order chi connectivity index (χ0) is 17.9. The Hall–Kier alpha value is -2.32. The van der Waals surface area contributed by atoms with E-state index in [1.54, 1.807) is 11.3 Å². The molecule has 6 nitrogen and oxygen atoms in total. The third kappa shape index (κ3) is 3.76. The molecule has 26 heavy (non-hydrogen) atoms. The molecule has 1 fully saturated rings. The highest BCUT2D eigenvalue weighted by Gasteiger charge is 2.26. The molecule has 0 aliphatic carbocycles. The number of hydrogen-bond acceptors (Lipinski definition) is 7. The van der Waals surface area contributed by atoms with E-state index < -0.39 is 0 Å². The van der Waals surface area contributed by atoms with Gasteiger partial charge in [-0.05, 0) is 30.5 Å². The van der Waals surface area contributed by atoms with Crippen molar-refractivity contribution in [1.82, 2.24) is 9.97 Å². The van der Waals surface area contributed by atoms with E-state index in [0.717, 1.165) is 47.2 Å². The summed E-state index contributed by atoms with van der Waals surface area (Å²) in [4.78, 5) is 20.8. The second-order valence-electron chi connectivity index (χ2n) is 6.22. The molecule has 8 heteroatoms. The van der Waals surface area contributed by atoms with Gasteiger partial charge in [-0.25, -0.2) is 4.98 Å². The van der Waals surface area contributed by atoms with Crippen LogP contribution in [0.2, 0.25) is 0 Å². The molecule has 3 aromatic rings. The van der Waals surface area contributed by atoms with Crippen molar-refractivity contribution in [1.29, 1.82) is 0 Å². The van der Waals surface area contributed by atoms with Gasteiger partial charge in [-0.2, -0.15) is 0 Å². The Morgan fingerprint density at radius 2 is 2.19 bits per heavy atom. The summed E-state index contributed by atoms with van der Waals surface area (Å²) in [6, 6.07) is 8.16. The summed E-state index contributed by atoms with van der Waals surface area (Å²) in [6.07, 6.45) is 4.64. The van der Waals surface area contributed by atoms with Crippen molar-refractivity contribution in [3.05, 3.63) is 56.0 Å². The Bertz CT molecular complexity index is 903. The van der Waals surface area contributed by atoms with Crippen LogP contribution in [0.25, 0.3) is 0 Å². The first-order valence-corrected chi connectivity index (χ1v) is 10.2. The van der Waals surface area contributed by atoms with Gasteiger partial charge in [0.2, 0.25) is 5.88 Å². The van der Waals surface area contributed by atoms with E-state index >= 15 is 0 Å². The Kier molecular flexibility index (Phi) is 4.94. The van der Waals surface area contributed by atoms with Gasteiger partial charge in [0.25, 0.3) is 0 Å². The van der Waals surface area contributed by atoms with Crippen molar-refractivity contribution in [2.45, 2.75) is 25.3 Å². The van der Waals surface area contributed by atoms with Gasteiger partial charge in [-0.15, -0.1) is 11.3 Å². The van der Waals surface area contributed by atoms with Crippen LogP contribution in [0.3, 0.4) is 0 Å². The van der Waals surface area contributed by atoms with E-state index in [2.05, 4.69) is 14.9 Å². The van der Waals surface area contributed by atoms with Crippen molar-refractivity contribution in [2.75, 3.05) is 18.1 Å². The molecule has 1 aliphatic rings. The summed E-state index contributed by atoms with van der Waals surface area (Å²) >= 11 is 2.70. The molecule has 0 radical (unpaired) electrons. The lowest BCUT2D eigenvalue weighted by Gasteiger charge is -2.24. The monoisotopic (exact) mass is 389 g/mol. The van der Waals surface area contributed by atoms with Crippen LogP contribution < -0.4 is 14.5 Å². The number of nitrogens with zero attached hydrogens (tertiary/aromatic N) is 2. The second kappa shape index (κ2) is 7.51. The molecule has 0 bridgehead atoms. The number of anilines is 1. The van der Waals surface area contributed by atoms with Crippen LogP contribution in [0.15, 0.2) is 40.6 Å². The highest BCUT2D eigenvalue weighted by atomic mass is 32.1. The fraction of sp³-hybridized carbons (Fsp3) is 0.333. The van der Waals surface area contributed by atoms with Crippen molar-refractivity contribution >= 4 is 27.8 Å². The quantitative estimate of drug-likeness (QED) is 0.677. The molecule has 1 saturated heterocycles. The van der Waals surface area contributed by atoms with Gasteiger partial charge in [0.05, 0.1) is 10.9 Å². The molecule has 1 aliphatic heterocycles. The largest absolute Gasteiger partial charge is 0.494 e. The predicted molar refractivity (Wildman–Crippen MR) is 104 cm³/mol. The van der Waals surface area contributed by atoms with Crippen LogP contribution in [0, 0.1) is 0 Å². The van der Waals surface area contributed by atoms with Crippen LogP contribution in [-0.2, 0) is 6.42 Å². The molecule has 0 amide bonds. The second-order valence-corrected chi connectivity index (χ2v) is 8.16. The lowest BCUT2D eigenvalue weighted by Crippen LogP contribution is -2.34. The van der Waals surface area contributed by atoms with E-state index in [1.807, 2.05) is 35.8 Å². The third-order valence-electron chi connectivity index (χ3n) is 4.47. The maximum Gasteiger partial charge on any atom is 0.307 e. The molecule has 0 unspecified atom stereocenters. The molecule has 2 aromatic heterocycles. The number of ether oxygens (including phenoxy) is 1. The van der Waals surface area contributed by atoms with Gasteiger partial charge in [0, 0.05) is 24.5 Å². The lowest BCUT2D eigenvalue weighted by atomic mass is 10.1. The zero-order valence-corrected chi connectivity index (χ0v) is 15.7. The SMILES string of the molecule is O=c1[nH]c(O)c(Cc2ccc(OC[C@@H]3CCCN3c3nccs3)cc2)s1. The van der Waals surface area contributed by atoms with Gasteiger partial charge in [0.15, 0.2) is 5.13 Å². The topological polar surface area (TPSA) is 78.5 Å². The maximum atomic E-state index is 11.3. The number of nitrogens with one attached hydrogen (secondary N) is 1. The zero-order valence-electron chi connectivity index (χ0n) is 14.1. The summed E-state index contributed by atoms with van der Waals surface area (Å²) in [7, 11) is 0. The van der Waals surface area contributed by atoms with Crippen LogP contribution >= 0.6 is 22.7 Å². The van der Waals surface area contributed by atoms with Gasteiger partial charge in [-0.3, -0.25) is 9.78 Å². The van der Waals surface area contributed by atoms with E-state index in [0.29, 0.717) is 23.9 Å². The summed E-state index contributed by atoms with van der Waals surface area (Å²) in [5.74, 6) is 0.787. The fourth-order valence-corrected chi connectivity index (χ4v) is 4.67. The van der Waals surface area contributed by atoms with E-state index in [9.17, 15) is 9.90 Å². The predicted octanol–water partition coefficient (Wildman–Crippen LogP) is 3.24. The summed E-state index contributed by atoms with van der Waals surface area (Å²) in [6.45, 7) is 1.67.